The number of aliphatic hydroxyl groups excluding tert-OH is 1. The van der Waals surface area contributed by atoms with Crippen molar-refractivity contribution in [2.24, 2.45) is 0 Å². The third-order valence-electron chi connectivity index (χ3n) is 7.09. The fourth-order valence-electron chi connectivity index (χ4n) is 5.04. The molecule has 6 atom stereocenters. The van der Waals surface area contributed by atoms with Gasteiger partial charge in [-0.25, -0.2) is 0 Å². The molecule has 0 saturated carbocycles. The predicted molar refractivity (Wildman–Crippen MR) is 97.6 cm³/mol. The van der Waals surface area contributed by atoms with Crippen molar-refractivity contribution < 1.29 is 24.1 Å². The van der Waals surface area contributed by atoms with Crippen LogP contribution in [0.1, 0.15) is 78.6 Å². The predicted octanol–water partition coefficient (Wildman–Crippen LogP) is 3.83. The van der Waals surface area contributed by atoms with Crippen molar-refractivity contribution >= 4 is 0 Å². The van der Waals surface area contributed by atoms with Crippen molar-refractivity contribution in [2.75, 3.05) is 6.61 Å². The lowest BCUT2D eigenvalue weighted by Crippen LogP contribution is -2.51. The van der Waals surface area contributed by atoms with Crippen LogP contribution in [0.5, 0.6) is 0 Å². The first-order valence-corrected chi connectivity index (χ1v) is 10.4. The van der Waals surface area contributed by atoms with Gasteiger partial charge in [-0.1, -0.05) is 13.0 Å². The van der Waals surface area contributed by atoms with E-state index in [1.54, 1.807) is 0 Å². The van der Waals surface area contributed by atoms with Gasteiger partial charge in [0.1, 0.15) is 0 Å². The minimum absolute atomic E-state index is 0.0301. The molecular formula is C21H34O5. The Morgan fingerprint density at radius 3 is 2.65 bits per heavy atom. The number of rotatable bonds is 5. The van der Waals surface area contributed by atoms with Crippen molar-refractivity contribution in [3.05, 3.63) is 12.2 Å². The maximum Gasteiger partial charge on any atom is 0.191 e. The zero-order valence-electron chi connectivity index (χ0n) is 16.5. The number of hydrogen-bond acceptors (Lipinski definition) is 5. The second-order valence-electron chi connectivity index (χ2n) is 8.88. The molecule has 26 heavy (non-hydrogen) atoms. The average Bonchev–Trinajstić information content (AvgIpc) is 3.17. The van der Waals surface area contributed by atoms with Gasteiger partial charge in [-0.2, -0.15) is 0 Å². The highest BCUT2D eigenvalue weighted by Crippen LogP contribution is 2.50. The third-order valence-corrected chi connectivity index (χ3v) is 7.09. The topological polar surface area (TPSA) is 60.5 Å². The van der Waals surface area contributed by atoms with E-state index in [-0.39, 0.29) is 5.60 Å². The van der Waals surface area contributed by atoms with Crippen LogP contribution in [0.2, 0.25) is 0 Å². The van der Waals surface area contributed by atoms with E-state index in [2.05, 4.69) is 26.0 Å². The zero-order chi connectivity index (χ0) is 18.5. The Bertz CT molecular complexity index is 553. The SMILES string of the molecule is CC[C@@]1(CC[C@H](O)[C@@]2(C)CC[C@]3(CC=C[C@]4(CCCCO4)O3)O2)O[C@H]1C. The van der Waals surface area contributed by atoms with Gasteiger partial charge in [0.25, 0.3) is 0 Å². The summed E-state index contributed by atoms with van der Waals surface area (Å²) in [6.07, 6.45) is 11.9. The van der Waals surface area contributed by atoms with Crippen LogP contribution in [-0.4, -0.2) is 46.7 Å². The maximum absolute atomic E-state index is 10.9. The molecule has 4 aliphatic rings. The lowest BCUT2D eigenvalue weighted by molar-refractivity contribution is -0.361. The molecule has 0 aliphatic carbocycles. The van der Waals surface area contributed by atoms with Gasteiger partial charge in [0, 0.05) is 19.3 Å². The first kappa shape index (κ1) is 18.9. The van der Waals surface area contributed by atoms with Crippen LogP contribution in [-0.2, 0) is 18.9 Å². The molecule has 4 heterocycles. The van der Waals surface area contributed by atoms with E-state index in [0.717, 1.165) is 58.0 Å². The Kier molecular flexibility index (Phi) is 4.76. The molecule has 148 valence electrons. The Hall–Kier alpha value is -0.460. The van der Waals surface area contributed by atoms with E-state index in [9.17, 15) is 5.11 Å². The second-order valence-corrected chi connectivity index (χ2v) is 8.88. The molecule has 4 aliphatic heterocycles. The van der Waals surface area contributed by atoms with Crippen LogP contribution >= 0.6 is 0 Å². The van der Waals surface area contributed by atoms with E-state index < -0.39 is 23.3 Å². The summed E-state index contributed by atoms with van der Waals surface area (Å²) in [7, 11) is 0. The Labute approximate surface area is 157 Å². The first-order chi connectivity index (χ1) is 12.4. The molecule has 3 fully saturated rings. The number of hydrogen-bond donors (Lipinski definition) is 1. The molecule has 1 N–H and O–H groups in total. The molecule has 0 aromatic heterocycles. The summed E-state index contributed by atoms with van der Waals surface area (Å²) in [5.41, 5.74) is -0.605. The quantitative estimate of drug-likeness (QED) is 0.592. The molecule has 0 unspecified atom stereocenters. The largest absolute Gasteiger partial charge is 0.390 e. The number of aliphatic hydroxyl groups is 1. The molecular weight excluding hydrogens is 332 g/mol. The lowest BCUT2D eigenvalue weighted by Gasteiger charge is -2.45. The van der Waals surface area contributed by atoms with E-state index in [4.69, 9.17) is 18.9 Å². The van der Waals surface area contributed by atoms with Gasteiger partial charge < -0.3 is 24.1 Å². The first-order valence-electron chi connectivity index (χ1n) is 10.4. The van der Waals surface area contributed by atoms with E-state index in [1.165, 1.54) is 0 Å². The smallest absolute Gasteiger partial charge is 0.191 e. The van der Waals surface area contributed by atoms with Gasteiger partial charge in [-0.3, -0.25) is 0 Å². The Balaban J connectivity index is 1.39. The van der Waals surface area contributed by atoms with Gasteiger partial charge in [-0.15, -0.1) is 0 Å². The zero-order valence-corrected chi connectivity index (χ0v) is 16.5. The molecule has 0 aromatic rings. The van der Waals surface area contributed by atoms with Crippen molar-refractivity contribution in [1.29, 1.82) is 0 Å². The summed E-state index contributed by atoms with van der Waals surface area (Å²) in [6.45, 7) is 7.03. The minimum Gasteiger partial charge on any atom is -0.390 e. The van der Waals surface area contributed by atoms with E-state index >= 15 is 0 Å². The van der Waals surface area contributed by atoms with Crippen LogP contribution in [0.4, 0.5) is 0 Å². The Morgan fingerprint density at radius 2 is 2.00 bits per heavy atom. The molecule has 2 spiro atoms. The van der Waals surface area contributed by atoms with Crippen LogP contribution in [0.15, 0.2) is 12.2 Å². The van der Waals surface area contributed by atoms with Crippen LogP contribution < -0.4 is 0 Å². The molecule has 0 radical (unpaired) electrons. The molecule has 4 rings (SSSR count). The average molecular weight is 366 g/mol. The second kappa shape index (κ2) is 6.56. The van der Waals surface area contributed by atoms with E-state index in [1.807, 2.05) is 6.92 Å². The molecule has 3 saturated heterocycles. The molecule has 5 heteroatoms. The maximum atomic E-state index is 10.9. The van der Waals surface area contributed by atoms with Crippen molar-refractivity contribution in [1.82, 2.24) is 0 Å². The molecule has 5 nitrogen and oxygen atoms in total. The van der Waals surface area contributed by atoms with E-state index in [0.29, 0.717) is 12.5 Å². The van der Waals surface area contributed by atoms with Crippen LogP contribution in [0.3, 0.4) is 0 Å². The van der Waals surface area contributed by atoms with Gasteiger partial charge in [0.05, 0.1) is 30.0 Å². The lowest BCUT2D eigenvalue weighted by atomic mass is 9.87. The van der Waals surface area contributed by atoms with Gasteiger partial charge in [0.2, 0.25) is 0 Å². The highest BCUT2D eigenvalue weighted by atomic mass is 16.8. The summed E-state index contributed by atoms with van der Waals surface area (Å²) in [4.78, 5) is 0. The highest BCUT2D eigenvalue weighted by Gasteiger charge is 2.56. The number of epoxide rings is 1. The van der Waals surface area contributed by atoms with Gasteiger partial charge in [-0.05, 0) is 58.4 Å². The third kappa shape index (κ3) is 3.26. The van der Waals surface area contributed by atoms with Gasteiger partial charge in [0.15, 0.2) is 11.6 Å². The monoisotopic (exact) mass is 366 g/mol. The molecule has 0 amide bonds. The summed E-state index contributed by atoms with van der Waals surface area (Å²) in [5.74, 6) is -1.29. The van der Waals surface area contributed by atoms with Crippen LogP contribution in [0, 0.1) is 0 Å². The summed E-state index contributed by atoms with van der Waals surface area (Å²) < 4.78 is 24.7. The Morgan fingerprint density at radius 1 is 1.19 bits per heavy atom. The highest BCUT2D eigenvalue weighted by molar-refractivity contribution is 5.09. The van der Waals surface area contributed by atoms with Crippen molar-refractivity contribution in [3.63, 3.8) is 0 Å². The summed E-state index contributed by atoms with van der Waals surface area (Å²) in [6, 6.07) is 0. The standard InChI is InChI=1S/C21H34O5/c1-4-19(16(2)24-19)12-8-17(22)18(3)13-14-21(25-18)11-7-10-20(26-21)9-5-6-15-23-20/h7,10,16-17,22H,4-6,8-9,11-15H2,1-3H3/t16-,17-,18+,19-,20-,21+/m0/s1. The summed E-state index contributed by atoms with van der Waals surface area (Å²) in [5, 5.41) is 10.9. The van der Waals surface area contributed by atoms with Crippen molar-refractivity contribution in [3.8, 4) is 0 Å². The number of ether oxygens (including phenoxy) is 4. The fraction of sp³-hybridized carbons (Fsp3) is 0.905. The molecule has 0 bridgehead atoms. The summed E-state index contributed by atoms with van der Waals surface area (Å²) >= 11 is 0. The van der Waals surface area contributed by atoms with Crippen molar-refractivity contribution in [2.45, 2.75) is 114 Å². The normalized spacial score (nSPS) is 49.0. The minimum atomic E-state index is -0.659. The molecule has 0 aromatic carbocycles. The van der Waals surface area contributed by atoms with Crippen LogP contribution in [0.25, 0.3) is 0 Å². The fourth-order valence-corrected chi connectivity index (χ4v) is 5.04. The van der Waals surface area contributed by atoms with Gasteiger partial charge >= 0.3 is 0 Å².